The summed E-state index contributed by atoms with van der Waals surface area (Å²) >= 11 is 6.02. The maximum absolute atomic E-state index is 6.02. The Bertz CT molecular complexity index is 784. The fourth-order valence-corrected chi connectivity index (χ4v) is 2.78. The molecule has 0 spiro atoms. The minimum atomic E-state index is 0.514. The molecule has 4 rings (SSSR count). The lowest BCUT2D eigenvalue weighted by molar-refractivity contribution is 0.284. The Kier molecular flexibility index (Phi) is 2.57. The SMILES string of the molecule is Cn1c(-c2cn(C3CCC3)nn2)nc2cc(Cl)ccc21. The molecule has 6 heteroatoms. The number of fused-ring (bicyclic) bond motifs is 1. The average molecular weight is 288 g/mol. The molecule has 20 heavy (non-hydrogen) atoms. The van der Waals surface area contributed by atoms with Crippen LogP contribution in [-0.2, 0) is 7.05 Å². The summed E-state index contributed by atoms with van der Waals surface area (Å²) in [5.41, 5.74) is 2.74. The molecular formula is C14H14ClN5. The van der Waals surface area contributed by atoms with Crippen molar-refractivity contribution < 1.29 is 0 Å². The highest BCUT2D eigenvalue weighted by Gasteiger charge is 2.22. The third kappa shape index (κ3) is 1.73. The minimum absolute atomic E-state index is 0.514. The summed E-state index contributed by atoms with van der Waals surface area (Å²) in [5, 5.41) is 9.19. The maximum Gasteiger partial charge on any atom is 0.163 e. The van der Waals surface area contributed by atoms with E-state index in [0.717, 1.165) is 22.6 Å². The van der Waals surface area contributed by atoms with Crippen LogP contribution in [0.5, 0.6) is 0 Å². The van der Waals surface area contributed by atoms with Gasteiger partial charge in [-0.25, -0.2) is 9.67 Å². The van der Waals surface area contributed by atoms with Gasteiger partial charge < -0.3 is 4.57 Å². The Morgan fingerprint density at radius 2 is 2.15 bits per heavy atom. The lowest BCUT2D eigenvalue weighted by atomic mass is 9.93. The Morgan fingerprint density at radius 3 is 2.90 bits per heavy atom. The summed E-state index contributed by atoms with van der Waals surface area (Å²) in [6.45, 7) is 0. The Hall–Kier alpha value is -1.88. The van der Waals surface area contributed by atoms with Gasteiger partial charge in [0.05, 0.1) is 23.3 Å². The molecule has 0 N–H and O–H groups in total. The molecule has 3 aromatic rings. The molecule has 0 amide bonds. The van der Waals surface area contributed by atoms with Gasteiger partial charge in [-0.15, -0.1) is 5.10 Å². The largest absolute Gasteiger partial charge is 0.326 e. The predicted molar refractivity (Wildman–Crippen MR) is 77.6 cm³/mol. The zero-order valence-corrected chi connectivity index (χ0v) is 11.9. The smallest absolute Gasteiger partial charge is 0.163 e. The predicted octanol–water partition coefficient (Wildman–Crippen LogP) is 3.21. The van der Waals surface area contributed by atoms with Gasteiger partial charge in [0, 0.05) is 12.1 Å². The van der Waals surface area contributed by atoms with Gasteiger partial charge in [-0.05, 0) is 37.5 Å². The van der Waals surface area contributed by atoms with E-state index in [2.05, 4.69) is 15.3 Å². The average Bonchev–Trinajstić information content (AvgIpc) is 2.93. The zero-order valence-electron chi connectivity index (χ0n) is 11.1. The van der Waals surface area contributed by atoms with E-state index in [9.17, 15) is 0 Å². The van der Waals surface area contributed by atoms with Gasteiger partial charge in [-0.2, -0.15) is 0 Å². The molecule has 1 fully saturated rings. The molecule has 1 saturated carbocycles. The highest BCUT2D eigenvalue weighted by Crippen LogP contribution is 2.32. The molecule has 5 nitrogen and oxygen atoms in total. The van der Waals surface area contributed by atoms with Crippen LogP contribution in [0.2, 0.25) is 5.02 Å². The van der Waals surface area contributed by atoms with Crippen LogP contribution in [-0.4, -0.2) is 24.5 Å². The number of rotatable bonds is 2. The Labute approximate surface area is 121 Å². The standard InChI is InChI=1S/C14H14ClN5/c1-19-13-6-5-9(15)7-11(13)16-14(19)12-8-20(18-17-12)10-3-2-4-10/h5-8,10H,2-4H2,1H3. The number of benzene rings is 1. The number of aromatic nitrogens is 5. The molecule has 0 atom stereocenters. The van der Waals surface area contributed by atoms with Crippen molar-refractivity contribution in [3.63, 3.8) is 0 Å². The second-order valence-corrected chi connectivity index (χ2v) is 5.73. The number of imidazole rings is 1. The highest BCUT2D eigenvalue weighted by molar-refractivity contribution is 6.31. The van der Waals surface area contributed by atoms with Crippen LogP contribution in [0.4, 0.5) is 0 Å². The summed E-state index contributed by atoms with van der Waals surface area (Å²) in [6.07, 6.45) is 5.67. The molecule has 0 aliphatic heterocycles. The van der Waals surface area contributed by atoms with Gasteiger partial charge in [0.2, 0.25) is 0 Å². The summed E-state index contributed by atoms with van der Waals surface area (Å²) in [6, 6.07) is 6.24. The second kappa shape index (κ2) is 4.31. The van der Waals surface area contributed by atoms with Crippen molar-refractivity contribution in [3.8, 4) is 11.5 Å². The van der Waals surface area contributed by atoms with Crippen molar-refractivity contribution >= 4 is 22.6 Å². The van der Waals surface area contributed by atoms with Crippen LogP contribution in [0, 0.1) is 0 Å². The fraction of sp³-hybridized carbons (Fsp3) is 0.357. The van der Waals surface area contributed by atoms with E-state index >= 15 is 0 Å². The van der Waals surface area contributed by atoms with Crippen molar-refractivity contribution in [2.45, 2.75) is 25.3 Å². The van der Waals surface area contributed by atoms with Gasteiger partial charge in [-0.1, -0.05) is 16.8 Å². The summed E-state index contributed by atoms with van der Waals surface area (Å²) in [5.74, 6) is 0.827. The zero-order chi connectivity index (χ0) is 13.7. The van der Waals surface area contributed by atoms with Crippen LogP contribution in [0.3, 0.4) is 0 Å². The molecule has 0 bridgehead atoms. The summed E-state index contributed by atoms with van der Waals surface area (Å²) in [7, 11) is 1.99. The van der Waals surface area contributed by atoms with Crippen molar-refractivity contribution in [1.82, 2.24) is 24.5 Å². The first-order valence-electron chi connectivity index (χ1n) is 6.76. The van der Waals surface area contributed by atoms with Gasteiger partial charge >= 0.3 is 0 Å². The molecule has 0 radical (unpaired) electrons. The molecule has 2 aromatic heterocycles. The van der Waals surface area contributed by atoms with Crippen molar-refractivity contribution in [1.29, 1.82) is 0 Å². The van der Waals surface area contributed by atoms with E-state index in [0.29, 0.717) is 11.1 Å². The quantitative estimate of drug-likeness (QED) is 0.727. The van der Waals surface area contributed by atoms with Gasteiger partial charge in [0.1, 0.15) is 5.69 Å². The molecule has 0 saturated heterocycles. The first-order chi connectivity index (χ1) is 9.72. The lowest BCUT2D eigenvalue weighted by Crippen LogP contribution is -2.17. The first-order valence-corrected chi connectivity index (χ1v) is 7.14. The molecule has 2 heterocycles. The lowest BCUT2D eigenvalue weighted by Gasteiger charge is -2.24. The molecule has 1 aliphatic rings. The van der Waals surface area contributed by atoms with Crippen LogP contribution in [0.1, 0.15) is 25.3 Å². The highest BCUT2D eigenvalue weighted by atomic mass is 35.5. The van der Waals surface area contributed by atoms with E-state index in [1.54, 1.807) is 0 Å². The summed E-state index contributed by atoms with van der Waals surface area (Å²) in [4.78, 5) is 4.62. The van der Waals surface area contributed by atoms with E-state index < -0.39 is 0 Å². The molecule has 1 aromatic carbocycles. The summed E-state index contributed by atoms with van der Waals surface area (Å²) < 4.78 is 3.99. The Morgan fingerprint density at radius 1 is 1.30 bits per heavy atom. The number of aryl methyl sites for hydroxylation is 1. The third-order valence-electron chi connectivity index (χ3n) is 4.03. The maximum atomic E-state index is 6.02. The van der Waals surface area contributed by atoms with Crippen molar-refractivity contribution in [2.24, 2.45) is 7.05 Å². The second-order valence-electron chi connectivity index (χ2n) is 5.30. The van der Waals surface area contributed by atoms with E-state index in [-0.39, 0.29) is 0 Å². The van der Waals surface area contributed by atoms with Crippen LogP contribution in [0.25, 0.3) is 22.6 Å². The van der Waals surface area contributed by atoms with E-state index in [1.807, 2.05) is 40.7 Å². The Balaban J connectivity index is 1.80. The van der Waals surface area contributed by atoms with Gasteiger partial charge in [0.15, 0.2) is 5.82 Å². The van der Waals surface area contributed by atoms with E-state index in [4.69, 9.17) is 11.6 Å². The van der Waals surface area contributed by atoms with Crippen molar-refractivity contribution in [2.75, 3.05) is 0 Å². The fourth-order valence-electron chi connectivity index (χ4n) is 2.61. The van der Waals surface area contributed by atoms with Crippen molar-refractivity contribution in [3.05, 3.63) is 29.4 Å². The van der Waals surface area contributed by atoms with Crippen LogP contribution < -0.4 is 0 Å². The van der Waals surface area contributed by atoms with Crippen LogP contribution in [0.15, 0.2) is 24.4 Å². The normalized spacial score (nSPS) is 15.7. The van der Waals surface area contributed by atoms with Gasteiger partial charge in [0.25, 0.3) is 0 Å². The number of hydrogen-bond acceptors (Lipinski definition) is 3. The number of nitrogens with zero attached hydrogens (tertiary/aromatic N) is 5. The minimum Gasteiger partial charge on any atom is -0.326 e. The van der Waals surface area contributed by atoms with Crippen LogP contribution >= 0.6 is 11.6 Å². The number of hydrogen-bond donors (Lipinski definition) is 0. The molecular weight excluding hydrogens is 274 g/mol. The molecule has 102 valence electrons. The third-order valence-corrected chi connectivity index (χ3v) is 4.27. The molecule has 0 unspecified atom stereocenters. The van der Waals surface area contributed by atoms with Gasteiger partial charge in [-0.3, -0.25) is 0 Å². The first kappa shape index (κ1) is 11.9. The monoisotopic (exact) mass is 287 g/mol. The topological polar surface area (TPSA) is 48.5 Å². The van der Waals surface area contributed by atoms with E-state index in [1.165, 1.54) is 19.3 Å². The molecule has 1 aliphatic carbocycles. The number of halogens is 1.